The summed E-state index contributed by atoms with van der Waals surface area (Å²) in [6.45, 7) is 6.53. The average Bonchev–Trinajstić information content (AvgIpc) is 3.39. The molecule has 6 aromatic rings. The van der Waals surface area contributed by atoms with Crippen molar-refractivity contribution in [3.05, 3.63) is 120 Å². The van der Waals surface area contributed by atoms with Crippen LogP contribution in [0.3, 0.4) is 0 Å². The van der Waals surface area contributed by atoms with E-state index in [2.05, 4.69) is 149 Å². The minimum Gasteiger partial charge on any atom is -0.347 e. The molecule has 0 saturated carbocycles. The minimum atomic E-state index is 0. The van der Waals surface area contributed by atoms with Gasteiger partial charge in [0.2, 0.25) is 0 Å². The Morgan fingerprint density at radius 1 is 0.659 bits per heavy atom. The van der Waals surface area contributed by atoms with Crippen LogP contribution in [0.15, 0.2) is 97.6 Å². The molecule has 0 radical (unpaired) electrons. The molecule has 0 saturated heterocycles. The van der Waals surface area contributed by atoms with Gasteiger partial charge in [-0.2, -0.15) is 0 Å². The highest BCUT2D eigenvalue weighted by Crippen LogP contribution is 2.31. The summed E-state index contributed by atoms with van der Waals surface area (Å²) in [5, 5.41) is 2.64. The molecule has 0 aliphatic rings. The van der Waals surface area contributed by atoms with Gasteiger partial charge in [-0.25, -0.2) is 9.13 Å². The molecular weight excluding hydrogens is 500 g/mol. The van der Waals surface area contributed by atoms with Crippen LogP contribution in [0, 0.1) is 13.8 Å². The molecule has 41 heavy (non-hydrogen) atoms. The van der Waals surface area contributed by atoms with Crippen molar-refractivity contribution in [3.8, 4) is 11.1 Å². The maximum atomic E-state index is 2.51. The Morgan fingerprint density at radius 3 is 1.85 bits per heavy atom. The number of benzene rings is 2. The highest BCUT2D eigenvalue weighted by molar-refractivity contribution is 5.98. The Balaban J connectivity index is 0.00000337. The summed E-state index contributed by atoms with van der Waals surface area (Å²) in [7, 11) is 4.20. The van der Waals surface area contributed by atoms with Crippen molar-refractivity contribution in [1.29, 1.82) is 0 Å². The van der Waals surface area contributed by atoms with E-state index in [-0.39, 0.29) is 7.43 Å². The lowest BCUT2D eigenvalue weighted by Gasteiger charge is -2.08. The summed E-state index contributed by atoms with van der Waals surface area (Å²) < 4.78 is 9.16. The summed E-state index contributed by atoms with van der Waals surface area (Å²) in [6.07, 6.45) is 15.5. The molecule has 0 fully saturated rings. The van der Waals surface area contributed by atoms with Crippen molar-refractivity contribution in [3.63, 3.8) is 0 Å². The third-order valence-corrected chi connectivity index (χ3v) is 8.40. The molecule has 0 unspecified atom stereocenters. The van der Waals surface area contributed by atoms with E-state index in [1.54, 1.807) is 0 Å². The Morgan fingerprint density at radius 2 is 1.20 bits per heavy atom. The zero-order valence-electron chi connectivity index (χ0n) is 24.0. The Kier molecular flexibility index (Phi) is 8.21. The average molecular weight is 543 g/mol. The van der Waals surface area contributed by atoms with Crippen LogP contribution in [0.2, 0.25) is 0 Å². The van der Waals surface area contributed by atoms with E-state index in [4.69, 9.17) is 0 Å². The van der Waals surface area contributed by atoms with Crippen LogP contribution in [0.1, 0.15) is 42.8 Å². The van der Waals surface area contributed by atoms with Gasteiger partial charge in [-0.05, 0) is 43.5 Å². The molecular formula is C37H42N4+2. The van der Waals surface area contributed by atoms with Gasteiger partial charge in [-0.15, -0.1) is 0 Å². The SMILES string of the molecule is C.Cc1c(/C=C/c2c(C)n(CCCC[n+]3ccc(-c4cc[n+](C)cc4)cc3)c3ccccc23)c2ccccc2n1C. The van der Waals surface area contributed by atoms with Crippen LogP contribution in [-0.4, -0.2) is 9.13 Å². The second-order valence-corrected chi connectivity index (χ2v) is 10.9. The Hall–Kier alpha value is -4.44. The van der Waals surface area contributed by atoms with Crippen LogP contribution in [0.25, 0.3) is 45.1 Å². The van der Waals surface area contributed by atoms with Gasteiger partial charge in [0.1, 0.15) is 13.6 Å². The van der Waals surface area contributed by atoms with Gasteiger partial charge in [0.15, 0.2) is 24.8 Å². The van der Waals surface area contributed by atoms with E-state index >= 15 is 0 Å². The van der Waals surface area contributed by atoms with E-state index < -0.39 is 0 Å². The summed E-state index contributed by atoms with van der Waals surface area (Å²) in [5.74, 6) is 0. The molecule has 6 rings (SSSR count). The number of aryl methyl sites for hydroxylation is 4. The van der Waals surface area contributed by atoms with Crippen molar-refractivity contribution in [2.75, 3.05) is 0 Å². The smallest absolute Gasteiger partial charge is 0.169 e. The first kappa shape index (κ1) is 28.1. The molecule has 2 aromatic carbocycles. The molecule has 0 amide bonds. The number of rotatable bonds is 8. The minimum absolute atomic E-state index is 0. The number of hydrogen-bond donors (Lipinski definition) is 0. The molecule has 4 aromatic heterocycles. The van der Waals surface area contributed by atoms with Gasteiger partial charge in [0, 0.05) is 88.6 Å². The van der Waals surface area contributed by atoms with Crippen LogP contribution in [0.4, 0.5) is 0 Å². The largest absolute Gasteiger partial charge is 0.347 e. The Labute approximate surface area is 244 Å². The lowest BCUT2D eigenvalue weighted by atomic mass is 10.1. The van der Waals surface area contributed by atoms with Crippen molar-refractivity contribution >= 4 is 34.0 Å². The molecule has 4 heteroatoms. The predicted molar refractivity (Wildman–Crippen MR) is 172 cm³/mol. The van der Waals surface area contributed by atoms with Crippen molar-refractivity contribution in [2.45, 2.75) is 47.2 Å². The van der Waals surface area contributed by atoms with Crippen LogP contribution < -0.4 is 9.13 Å². The lowest BCUT2D eigenvalue weighted by Crippen LogP contribution is -2.32. The third kappa shape index (κ3) is 5.47. The van der Waals surface area contributed by atoms with Crippen LogP contribution in [-0.2, 0) is 27.2 Å². The summed E-state index contributed by atoms with van der Waals surface area (Å²) in [5.41, 5.74) is 10.4. The van der Waals surface area contributed by atoms with E-state index in [1.165, 1.54) is 55.4 Å². The summed E-state index contributed by atoms with van der Waals surface area (Å²) >= 11 is 0. The normalized spacial score (nSPS) is 11.5. The second kappa shape index (κ2) is 12.0. The van der Waals surface area contributed by atoms with E-state index in [0.29, 0.717) is 0 Å². The van der Waals surface area contributed by atoms with Crippen LogP contribution >= 0.6 is 0 Å². The molecule has 4 heterocycles. The monoisotopic (exact) mass is 542 g/mol. The molecule has 0 aliphatic carbocycles. The predicted octanol–water partition coefficient (Wildman–Crippen LogP) is 7.82. The highest BCUT2D eigenvalue weighted by Gasteiger charge is 2.14. The molecule has 0 aliphatic heterocycles. The van der Waals surface area contributed by atoms with Crippen molar-refractivity contribution < 1.29 is 9.13 Å². The second-order valence-electron chi connectivity index (χ2n) is 10.9. The quantitative estimate of drug-likeness (QED) is 0.138. The fraction of sp³-hybridized carbons (Fsp3) is 0.243. The number of hydrogen-bond acceptors (Lipinski definition) is 0. The number of aromatic nitrogens is 4. The molecule has 0 atom stereocenters. The number of para-hydroxylation sites is 2. The molecule has 4 nitrogen and oxygen atoms in total. The van der Waals surface area contributed by atoms with Gasteiger partial charge in [-0.3, -0.25) is 0 Å². The molecule has 0 N–H and O–H groups in total. The third-order valence-electron chi connectivity index (χ3n) is 8.40. The topological polar surface area (TPSA) is 17.6 Å². The summed E-state index contributed by atoms with van der Waals surface area (Å²) in [6, 6.07) is 26.3. The van der Waals surface area contributed by atoms with E-state index in [1.807, 2.05) is 7.05 Å². The molecule has 0 spiro atoms. The van der Waals surface area contributed by atoms with Crippen LogP contribution in [0.5, 0.6) is 0 Å². The zero-order valence-corrected chi connectivity index (χ0v) is 24.0. The van der Waals surface area contributed by atoms with Gasteiger partial charge in [0.05, 0.1) is 0 Å². The summed E-state index contributed by atoms with van der Waals surface area (Å²) in [4.78, 5) is 0. The van der Waals surface area contributed by atoms with Gasteiger partial charge in [0.25, 0.3) is 0 Å². The molecule has 0 bridgehead atoms. The maximum Gasteiger partial charge on any atom is 0.169 e. The zero-order chi connectivity index (χ0) is 27.6. The van der Waals surface area contributed by atoms with Gasteiger partial charge in [-0.1, -0.05) is 56.0 Å². The number of fused-ring (bicyclic) bond motifs is 2. The number of pyridine rings is 2. The molecule has 208 valence electrons. The van der Waals surface area contributed by atoms with Gasteiger partial charge >= 0.3 is 0 Å². The Bertz CT molecular complexity index is 1820. The number of nitrogens with zero attached hydrogens (tertiary/aromatic N) is 4. The highest BCUT2D eigenvalue weighted by atomic mass is 15.0. The number of unbranched alkanes of at least 4 members (excludes halogenated alkanes) is 1. The van der Waals surface area contributed by atoms with E-state index in [0.717, 1.165) is 25.9 Å². The van der Waals surface area contributed by atoms with E-state index in [9.17, 15) is 0 Å². The fourth-order valence-corrected chi connectivity index (χ4v) is 5.94. The van der Waals surface area contributed by atoms with Crippen molar-refractivity contribution in [2.24, 2.45) is 14.1 Å². The fourth-order valence-electron chi connectivity index (χ4n) is 5.94. The first-order valence-electron chi connectivity index (χ1n) is 14.3. The van der Waals surface area contributed by atoms with Gasteiger partial charge < -0.3 is 9.13 Å². The maximum absolute atomic E-state index is 2.51. The first-order chi connectivity index (χ1) is 19.5. The lowest BCUT2D eigenvalue weighted by molar-refractivity contribution is -0.697. The standard InChI is InChI=1S/C36H38N4.CH4/c1-27-31(33-11-5-7-13-35(33)38(27)4)15-16-32-28(2)40(36-14-8-6-12-34(32)36)22-10-9-21-39-25-19-30(20-26-39)29-17-23-37(3)24-18-29;/h5-8,11-20,23-26H,9-10,21-22H2,1-4H3;1H4/q+2;/b16-15+;. The van der Waals surface area contributed by atoms with Crippen molar-refractivity contribution in [1.82, 2.24) is 9.13 Å². The first-order valence-corrected chi connectivity index (χ1v) is 14.3.